The smallest absolute Gasteiger partial charge is 0.124 e. The Bertz CT molecular complexity index is 597. The maximum atomic E-state index is 13.2. The predicted octanol–water partition coefficient (Wildman–Crippen LogP) is 3.34. The van der Waals surface area contributed by atoms with Gasteiger partial charge in [0, 0.05) is 16.9 Å². The number of benzene rings is 1. The standard InChI is InChI=1S/C16H15FO2S/c17-15-7-6-14(13(10-15)4-1-2-8-18)11-19-12-16-5-3-9-20-16/h3,5-7,9-10,18H,2,8,11-12H2. The van der Waals surface area contributed by atoms with Gasteiger partial charge in [-0.2, -0.15) is 0 Å². The third kappa shape index (κ3) is 4.46. The van der Waals surface area contributed by atoms with Gasteiger partial charge in [0.25, 0.3) is 0 Å². The molecule has 0 atom stereocenters. The molecule has 2 aromatic rings. The Morgan fingerprint density at radius 2 is 2.15 bits per heavy atom. The molecule has 104 valence electrons. The van der Waals surface area contributed by atoms with Crippen LogP contribution in [-0.4, -0.2) is 11.7 Å². The van der Waals surface area contributed by atoms with Crippen LogP contribution in [0.2, 0.25) is 0 Å². The molecule has 2 rings (SSSR count). The molecule has 0 saturated heterocycles. The molecule has 1 aromatic carbocycles. The Morgan fingerprint density at radius 3 is 2.90 bits per heavy atom. The zero-order valence-electron chi connectivity index (χ0n) is 10.9. The molecule has 0 aliphatic heterocycles. The van der Waals surface area contributed by atoms with Gasteiger partial charge in [-0.15, -0.1) is 11.3 Å². The second-order valence-corrected chi connectivity index (χ2v) is 5.18. The van der Waals surface area contributed by atoms with E-state index in [1.54, 1.807) is 17.4 Å². The second kappa shape index (κ2) is 7.81. The number of aliphatic hydroxyl groups is 1. The summed E-state index contributed by atoms with van der Waals surface area (Å²) in [4.78, 5) is 1.15. The van der Waals surface area contributed by atoms with E-state index in [1.807, 2.05) is 17.5 Å². The van der Waals surface area contributed by atoms with Gasteiger partial charge in [0.1, 0.15) is 5.82 Å². The summed E-state index contributed by atoms with van der Waals surface area (Å²) >= 11 is 1.64. The first-order valence-corrected chi connectivity index (χ1v) is 7.16. The van der Waals surface area contributed by atoms with Gasteiger partial charge < -0.3 is 9.84 Å². The van der Waals surface area contributed by atoms with Crippen LogP contribution in [0.25, 0.3) is 0 Å². The maximum absolute atomic E-state index is 13.2. The summed E-state index contributed by atoms with van der Waals surface area (Å²) in [5, 5.41) is 10.7. The first-order valence-electron chi connectivity index (χ1n) is 6.28. The van der Waals surface area contributed by atoms with E-state index < -0.39 is 0 Å². The predicted molar refractivity (Wildman–Crippen MR) is 77.8 cm³/mol. The highest BCUT2D eigenvalue weighted by atomic mass is 32.1. The molecule has 0 radical (unpaired) electrons. The topological polar surface area (TPSA) is 29.5 Å². The summed E-state index contributed by atoms with van der Waals surface area (Å²) in [6, 6.07) is 8.48. The van der Waals surface area contributed by atoms with Crippen molar-refractivity contribution < 1.29 is 14.2 Å². The Morgan fingerprint density at radius 1 is 1.25 bits per heavy atom. The van der Waals surface area contributed by atoms with Crippen molar-refractivity contribution in [2.75, 3.05) is 6.61 Å². The highest BCUT2D eigenvalue weighted by Gasteiger charge is 2.03. The average molecular weight is 290 g/mol. The Labute approximate surface area is 121 Å². The highest BCUT2D eigenvalue weighted by molar-refractivity contribution is 7.09. The fourth-order valence-electron chi connectivity index (χ4n) is 1.66. The lowest BCUT2D eigenvalue weighted by molar-refractivity contribution is 0.109. The SMILES string of the molecule is OCCC#Cc1cc(F)ccc1COCc1cccs1. The van der Waals surface area contributed by atoms with E-state index in [-0.39, 0.29) is 12.4 Å². The van der Waals surface area contributed by atoms with Crippen LogP contribution in [0, 0.1) is 17.7 Å². The van der Waals surface area contributed by atoms with Crippen LogP contribution in [0.4, 0.5) is 4.39 Å². The highest BCUT2D eigenvalue weighted by Crippen LogP contribution is 2.14. The number of thiophene rings is 1. The first kappa shape index (κ1) is 14.7. The van der Waals surface area contributed by atoms with Crippen molar-refractivity contribution in [3.63, 3.8) is 0 Å². The van der Waals surface area contributed by atoms with Gasteiger partial charge in [-0.3, -0.25) is 0 Å². The van der Waals surface area contributed by atoms with Crippen LogP contribution in [0.3, 0.4) is 0 Å². The van der Waals surface area contributed by atoms with Gasteiger partial charge in [-0.1, -0.05) is 24.0 Å². The third-order valence-electron chi connectivity index (χ3n) is 2.61. The summed E-state index contributed by atoms with van der Waals surface area (Å²) in [7, 11) is 0. The summed E-state index contributed by atoms with van der Waals surface area (Å²) in [5.74, 6) is 5.35. The molecule has 1 N–H and O–H groups in total. The van der Waals surface area contributed by atoms with Crippen molar-refractivity contribution in [3.8, 4) is 11.8 Å². The van der Waals surface area contributed by atoms with Crippen molar-refractivity contribution in [2.45, 2.75) is 19.6 Å². The van der Waals surface area contributed by atoms with Crippen molar-refractivity contribution >= 4 is 11.3 Å². The van der Waals surface area contributed by atoms with Gasteiger partial charge in [0.2, 0.25) is 0 Å². The number of hydrogen-bond acceptors (Lipinski definition) is 3. The van der Waals surface area contributed by atoms with E-state index in [0.717, 1.165) is 10.4 Å². The molecule has 0 saturated carbocycles. The lowest BCUT2D eigenvalue weighted by atomic mass is 10.1. The number of hydrogen-bond donors (Lipinski definition) is 1. The quantitative estimate of drug-likeness (QED) is 0.856. The lowest BCUT2D eigenvalue weighted by Crippen LogP contribution is -1.96. The normalized spacial score (nSPS) is 10.1. The minimum atomic E-state index is -0.319. The Balaban J connectivity index is 2.01. The van der Waals surface area contributed by atoms with Gasteiger partial charge in [-0.05, 0) is 29.1 Å². The fraction of sp³-hybridized carbons (Fsp3) is 0.250. The number of halogens is 1. The molecule has 4 heteroatoms. The molecule has 0 aliphatic carbocycles. The van der Waals surface area contributed by atoms with E-state index in [4.69, 9.17) is 9.84 Å². The number of rotatable bonds is 5. The zero-order chi connectivity index (χ0) is 14.2. The Hall–Kier alpha value is -1.67. The largest absolute Gasteiger partial charge is 0.395 e. The monoisotopic (exact) mass is 290 g/mol. The third-order valence-corrected chi connectivity index (χ3v) is 3.46. The summed E-state index contributed by atoms with van der Waals surface area (Å²) in [5.41, 5.74) is 1.47. The van der Waals surface area contributed by atoms with Crippen LogP contribution in [0.1, 0.15) is 22.4 Å². The van der Waals surface area contributed by atoms with Crippen LogP contribution >= 0.6 is 11.3 Å². The summed E-state index contributed by atoms with van der Waals surface area (Å²) in [6.07, 6.45) is 0.381. The van der Waals surface area contributed by atoms with Gasteiger partial charge >= 0.3 is 0 Å². The van der Waals surface area contributed by atoms with Crippen molar-refractivity contribution in [1.82, 2.24) is 0 Å². The molecular weight excluding hydrogens is 275 g/mol. The van der Waals surface area contributed by atoms with Gasteiger partial charge in [0.05, 0.1) is 19.8 Å². The second-order valence-electron chi connectivity index (χ2n) is 4.15. The molecule has 0 bridgehead atoms. The van der Waals surface area contributed by atoms with E-state index in [1.165, 1.54) is 12.1 Å². The summed E-state index contributed by atoms with van der Waals surface area (Å²) in [6.45, 7) is 0.937. The molecule has 0 aliphatic rings. The minimum Gasteiger partial charge on any atom is -0.395 e. The molecule has 0 amide bonds. The maximum Gasteiger partial charge on any atom is 0.124 e. The Kier molecular flexibility index (Phi) is 5.75. The van der Waals surface area contributed by atoms with Crippen LogP contribution in [0.5, 0.6) is 0 Å². The van der Waals surface area contributed by atoms with Crippen LogP contribution in [-0.2, 0) is 18.0 Å². The van der Waals surface area contributed by atoms with Crippen molar-refractivity contribution in [1.29, 1.82) is 0 Å². The molecular formula is C16H15FO2S. The molecule has 1 heterocycles. The van der Waals surface area contributed by atoms with Crippen molar-refractivity contribution in [3.05, 3.63) is 57.5 Å². The lowest BCUT2D eigenvalue weighted by Gasteiger charge is -2.06. The number of ether oxygens (including phenoxy) is 1. The van der Waals surface area contributed by atoms with E-state index in [0.29, 0.717) is 25.2 Å². The van der Waals surface area contributed by atoms with Gasteiger partial charge in [-0.25, -0.2) is 4.39 Å². The first-order chi connectivity index (χ1) is 9.79. The van der Waals surface area contributed by atoms with Crippen molar-refractivity contribution in [2.24, 2.45) is 0 Å². The molecule has 2 nitrogen and oxygen atoms in total. The van der Waals surface area contributed by atoms with E-state index in [9.17, 15) is 4.39 Å². The average Bonchev–Trinajstić information content (AvgIpc) is 2.95. The van der Waals surface area contributed by atoms with Gasteiger partial charge in [0.15, 0.2) is 0 Å². The van der Waals surface area contributed by atoms with Crippen LogP contribution < -0.4 is 0 Å². The van der Waals surface area contributed by atoms with E-state index in [2.05, 4.69) is 11.8 Å². The number of aliphatic hydroxyl groups excluding tert-OH is 1. The molecule has 1 aromatic heterocycles. The van der Waals surface area contributed by atoms with E-state index >= 15 is 0 Å². The molecule has 0 spiro atoms. The molecule has 0 unspecified atom stereocenters. The zero-order valence-corrected chi connectivity index (χ0v) is 11.8. The summed E-state index contributed by atoms with van der Waals surface area (Å²) < 4.78 is 18.9. The molecule has 20 heavy (non-hydrogen) atoms. The van der Waals surface area contributed by atoms with Crippen LogP contribution in [0.15, 0.2) is 35.7 Å². The fourth-order valence-corrected chi connectivity index (χ4v) is 2.30. The molecule has 0 fully saturated rings. The minimum absolute atomic E-state index is 0.00648.